The van der Waals surface area contributed by atoms with Crippen LogP contribution < -0.4 is 4.74 Å². The number of carbonyl (C=O) groups is 1. The number of aryl methyl sites for hydroxylation is 1. The maximum Gasteiger partial charge on any atom is 0.222 e. The molecule has 1 unspecified atom stereocenters. The lowest BCUT2D eigenvalue weighted by molar-refractivity contribution is -0.133. The van der Waals surface area contributed by atoms with Gasteiger partial charge in [0.2, 0.25) is 5.91 Å². The molecule has 2 fully saturated rings. The van der Waals surface area contributed by atoms with Crippen molar-refractivity contribution in [2.45, 2.75) is 31.8 Å². The van der Waals surface area contributed by atoms with Crippen molar-refractivity contribution in [3.05, 3.63) is 28.2 Å². The zero-order valence-corrected chi connectivity index (χ0v) is 16.5. The number of hydrogen-bond acceptors (Lipinski definition) is 4. The van der Waals surface area contributed by atoms with Crippen molar-refractivity contribution in [1.29, 1.82) is 0 Å². The van der Waals surface area contributed by atoms with Crippen LogP contribution in [0.4, 0.5) is 0 Å². The first-order valence-electron chi connectivity index (χ1n) is 9.10. The second-order valence-electron chi connectivity index (χ2n) is 6.79. The van der Waals surface area contributed by atoms with Gasteiger partial charge in [-0.3, -0.25) is 9.69 Å². The van der Waals surface area contributed by atoms with E-state index in [1.165, 1.54) is 12.8 Å². The molecule has 0 radical (unpaired) electrons. The Balaban J connectivity index is 1.41. The lowest BCUT2D eigenvalue weighted by Crippen LogP contribution is -2.50. The van der Waals surface area contributed by atoms with E-state index in [-0.39, 0.29) is 5.91 Å². The molecule has 0 aliphatic carbocycles. The summed E-state index contributed by atoms with van der Waals surface area (Å²) in [6, 6.07) is 6.00. The standard InChI is InChI=1S/C19H27BrN2O3/c1-24-18-6-4-15(13-17(18)20)5-7-19(23)22-10-8-21(9-11-22)14-16-3-2-12-25-16/h4,6,13,16H,2-3,5,7-12,14H2,1H3. The maximum atomic E-state index is 12.5. The highest BCUT2D eigenvalue weighted by molar-refractivity contribution is 9.10. The maximum absolute atomic E-state index is 12.5. The molecule has 6 heteroatoms. The fourth-order valence-corrected chi connectivity index (χ4v) is 4.12. The monoisotopic (exact) mass is 410 g/mol. The summed E-state index contributed by atoms with van der Waals surface area (Å²) in [7, 11) is 1.65. The Kier molecular flexibility index (Phi) is 6.73. The molecule has 3 rings (SSSR count). The van der Waals surface area contributed by atoms with Crippen LogP contribution in [0.1, 0.15) is 24.8 Å². The molecule has 1 aromatic carbocycles. The Hall–Kier alpha value is -1.11. The predicted octanol–water partition coefficient (Wildman–Crippen LogP) is 2.71. The molecular weight excluding hydrogens is 384 g/mol. The average Bonchev–Trinajstić information content (AvgIpc) is 3.13. The number of nitrogens with zero attached hydrogens (tertiary/aromatic N) is 2. The van der Waals surface area contributed by atoms with Gasteiger partial charge < -0.3 is 14.4 Å². The molecule has 1 amide bonds. The van der Waals surface area contributed by atoms with Crippen LogP contribution in [0.15, 0.2) is 22.7 Å². The fourth-order valence-electron chi connectivity index (χ4n) is 3.53. The number of hydrogen-bond donors (Lipinski definition) is 0. The van der Waals surface area contributed by atoms with Gasteiger partial charge in [0.05, 0.1) is 17.7 Å². The van der Waals surface area contributed by atoms with Gasteiger partial charge in [-0.05, 0) is 52.9 Å². The SMILES string of the molecule is COc1ccc(CCC(=O)N2CCN(CC3CCCO3)CC2)cc1Br. The summed E-state index contributed by atoms with van der Waals surface area (Å²) in [6.07, 6.45) is 4.08. The predicted molar refractivity (Wildman–Crippen MR) is 101 cm³/mol. The van der Waals surface area contributed by atoms with Crippen LogP contribution in [0.2, 0.25) is 0 Å². The van der Waals surface area contributed by atoms with Crippen molar-refractivity contribution >= 4 is 21.8 Å². The highest BCUT2D eigenvalue weighted by Gasteiger charge is 2.24. The minimum Gasteiger partial charge on any atom is -0.496 e. The second kappa shape index (κ2) is 9.01. The van der Waals surface area contributed by atoms with Crippen LogP contribution in [0.5, 0.6) is 5.75 Å². The van der Waals surface area contributed by atoms with E-state index in [4.69, 9.17) is 9.47 Å². The van der Waals surface area contributed by atoms with Crippen LogP contribution in [-0.4, -0.2) is 68.3 Å². The molecule has 1 aromatic rings. The van der Waals surface area contributed by atoms with Crippen LogP contribution >= 0.6 is 15.9 Å². The van der Waals surface area contributed by atoms with Gasteiger partial charge in [-0.25, -0.2) is 0 Å². The molecule has 5 nitrogen and oxygen atoms in total. The highest BCUT2D eigenvalue weighted by Crippen LogP contribution is 2.26. The summed E-state index contributed by atoms with van der Waals surface area (Å²) in [4.78, 5) is 16.9. The number of halogens is 1. The fraction of sp³-hybridized carbons (Fsp3) is 0.632. The Labute approximate surface area is 158 Å². The summed E-state index contributed by atoms with van der Waals surface area (Å²) in [5.41, 5.74) is 1.15. The number of amides is 1. The highest BCUT2D eigenvalue weighted by atomic mass is 79.9. The summed E-state index contributed by atoms with van der Waals surface area (Å²) in [6.45, 7) is 5.50. The largest absolute Gasteiger partial charge is 0.496 e. The summed E-state index contributed by atoms with van der Waals surface area (Å²) in [5, 5.41) is 0. The first kappa shape index (κ1) is 18.7. The van der Waals surface area contributed by atoms with E-state index in [0.717, 1.165) is 61.5 Å². The third kappa shape index (κ3) is 5.19. The van der Waals surface area contributed by atoms with Gasteiger partial charge in [0.25, 0.3) is 0 Å². The van der Waals surface area contributed by atoms with Crippen molar-refractivity contribution in [2.75, 3.05) is 46.4 Å². The van der Waals surface area contributed by atoms with E-state index in [2.05, 4.69) is 20.8 Å². The summed E-state index contributed by atoms with van der Waals surface area (Å²) in [5.74, 6) is 1.07. The van der Waals surface area contributed by atoms with Crippen LogP contribution in [0, 0.1) is 0 Å². The van der Waals surface area contributed by atoms with Crippen LogP contribution in [0.3, 0.4) is 0 Å². The summed E-state index contributed by atoms with van der Waals surface area (Å²) < 4.78 is 11.9. The van der Waals surface area contributed by atoms with Crippen molar-refractivity contribution in [1.82, 2.24) is 9.80 Å². The smallest absolute Gasteiger partial charge is 0.222 e. The van der Waals surface area contributed by atoms with Gasteiger partial charge in [0.15, 0.2) is 0 Å². The van der Waals surface area contributed by atoms with Gasteiger partial charge in [0.1, 0.15) is 5.75 Å². The van der Waals surface area contributed by atoms with Crippen LogP contribution in [0.25, 0.3) is 0 Å². The molecule has 138 valence electrons. The van der Waals surface area contributed by atoms with Crippen LogP contribution in [-0.2, 0) is 16.0 Å². The molecular formula is C19H27BrN2O3. The van der Waals surface area contributed by atoms with Crippen molar-refractivity contribution in [2.24, 2.45) is 0 Å². The molecule has 1 atom stereocenters. The van der Waals surface area contributed by atoms with Gasteiger partial charge in [-0.2, -0.15) is 0 Å². The second-order valence-corrected chi connectivity index (χ2v) is 7.64. The Morgan fingerprint density at radius 2 is 2.12 bits per heavy atom. The average molecular weight is 411 g/mol. The van der Waals surface area contributed by atoms with E-state index < -0.39 is 0 Å². The van der Waals surface area contributed by atoms with Gasteiger partial charge in [-0.1, -0.05) is 6.07 Å². The van der Waals surface area contributed by atoms with E-state index in [9.17, 15) is 4.79 Å². The van der Waals surface area contributed by atoms with Gasteiger partial charge in [-0.15, -0.1) is 0 Å². The minimum absolute atomic E-state index is 0.253. The zero-order valence-electron chi connectivity index (χ0n) is 14.9. The first-order valence-corrected chi connectivity index (χ1v) is 9.89. The molecule has 25 heavy (non-hydrogen) atoms. The third-order valence-electron chi connectivity index (χ3n) is 5.05. The Bertz CT molecular complexity index is 582. The number of rotatable bonds is 6. The molecule has 0 N–H and O–H groups in total. The Morgan fingerprint density at radius 3 is 2.76 bits per heavy atom. The van der Waals surface area contributed by atoms with E-state index in [1.54, 1.807) is 7.11 Å². The van der Waals surface area contributed by atoms with Gasteiger partial charge >= 0.3 is 0 Å². The topological polar surface area (TPSA) is 42.0 Å². The molecule has 0 saturated carbocycles. The quantitative estimate of drug-likeness (QED) is 0.722. The van der Waals surface area contributed by atoms with E-state index >= 15 is 0 Å². The van der Waals surface area contributed by atoms with Gasteiger partial charge in [0, 0.05) is 45.8 Å². The molecule has 2 aliphatic heterocycles. The Morgan fingerprint density at radius 1 is 1.32 bits per heavy atom. The molecule has 0 bridgehead atoms. The molecule has 2 aliphatic rings. The number of piperazine rings is 1. The van der Waals surface area contributed by atoms with E-state index in [0.29, 0.717) is 12.5 Å². The van der Waals surface area contributed by atoms with Crippen molar-refractivity contribution in [3.63, 3.8) is 0 Å². The van der Waals surface area contributed by atoms with E-state index in [1.807, 2.05) is 23.1 Å². The molecule has 0 aromatic heterocycles. The molecule has 0 spiro atoms. The minimum atomic E-state index is 0.253. The number of benzene rings is 1. The molecule has 2 heterocycles. The number of carbonyl (C=O) groups excluding carboxylic acids is 1. The zero-order chi connectivity index (χ0) is 17.6. The number of methoxy groups -OCH3 is 1. The number of ether oxygens (including phenoxy) is 2. The first-order chi connectivity index (χ1) is 12.2. The van der Waals surface area contributed by atoms with Crippen molar-refractivity contribution in [3.8, 4) is 5.75 Å². The van der Waals surface area contributed by atoms with Crippen molar-refractivity contribution < 1.29 is 14.3 Å². The molecule has 2 saturated heterocycles. The lowest BCUT2D eigenvalue weighted by Gasteiger charge is -2.35. The lowest BCUT2D eigenvalue weighted by atomic mass is 10.1. The summed E-state index contributed by atoms with van der Waals surface area (Å²) >= 11 is 3.50. The third-order valence-corrected chi connectivity index (χ3v) is 5.67. The normalized spacial score (nSPS) is 21.5.